The van der Waals surface area contributed by atoms with Gasteiger partial charge < -0.3 is 70.9 Å². The molecule has 20 nitrogen and oxygen atoms in total. The SMILES string of the molecule is O=C1NCCCOc2c(O)cc(c(Br)c2Br)CC2=NO[C@@H]3[C@H](Br)[C@@]4(C=C[C@@]3(O)CC(=NO)C(=O)NC[C@@H](O)[C@H](O)[C@H](O)CNC2=O)Oc2cc(cc(Br)c2O4)CC1=NO. The quantitative estimate of drug-likeness (QED) is 0.0763. The molecule has 5 aliphatic rings. The number of ether oxygens (including phenoxy) is 3. The third-order valence-electron chi connectivity index (χ3n) is 9.63. The molecule has 0 fully saturated rings. The molecule has 24 heteroatoms. The lowest BCUT2D eigenvalue weighted by Gasteiger charge is -2.43. The number of aliphatic hydroxyl groups is 4. The average molecular weight is 1080 g/mol. The fraction of sp³-hybridized carbons (Fsp3) is 0.429. The van der Waals surface area contributed by atoms with Crippen LogP contribution in [0.4, 0.5) is 0 Å². The molecular formula is C35H36Br4N6O14. The first kappa shape index (κ1) is 44.5. The van der Waals surface area contributed by atoms with Crippen molar-refractivity contribution in [3.05, 3.63) is 54.9 Å². The Kier molecular flexibility index (Phi) is 13.8. The molecule has 0 saturated carbocycles. The van der Waals surface area contributed by atoms with Gasteiger partial charge in [-0.05, 0) is 95.7 Å². The van der Waals surface area contributed by atoms with Crippen LogP contribution in [0, 0.1) is 0 Å². The summed E-state index contributed by atoms with van der Waals surface area (Å²) < 4.78 is 19.4. The summed E-state index contributed by atoms with van der Waals surface area (Å²) in [5, 5.41) is 92.4. The van der Waals surface area contributed by atoms with Crippen molar-refractivity contribution in [2.75, 3.05) is 26.2 Å². The van der Waals surface area contributed by atoms with E-state index in [1.807, 2.05) is 0 Å². The van der Waals surface area contributed by atoms with Gasteiger partial charge in [-0.25, -0.2) is 0 Å². The van der Waals surface area contributed by atoms with Gasteiger partial charge in [0.05, 0.1) is 27.8 Å². The Morgan fingerprint density at radius 1 is 0.831 bits per heavy atom. The minimum Gasteiger partial charge on any atom is -0.504 e. The zero-order valence-electron chi connectivity index (χ0n) is 30.3. The number of phenolic OH excluding ortho intramolecular Hbond substituents is 1. The van der Waals surface area contributed by atoms with Gasteiger partial charge in [-0.15, -0.1) is 0 Å². The molecule has 1 aliphatic carbocycles. The summed E-state index contributed by atoms with van der Waals surface area (Å²) in [7, 11) is 0. The highest BCUT2D eigenvalue weighted by molar-refractivity contribution is 9.13. The summed E-state index contributed by atoms with van der Waals surface area (Å²) in [6.45, 7) is -1.15. The van der Waals surface area contributed by atoms with E-state index in [0.717, 1.165) is 6.08 Å². The standard InChI is InChI=1S/C35H36Br4N6O14/c36-16-6-14-7-17(43-54)31(50)40-4-1-5-56-28-20(46)10-15(24(37)25(28)38)9-18-32(51)41-12-21(47)26(49)22(48)13-42-33(52)19(44-55)11-34(53)2-3-35(29(39)30(34)59-45-18)57-23(8-14)27(16)58-35/h2-3,6,8,10,21-22,26,29-30,46-49,53-55H,1,4-5,7,9,11-13H2,(H,40,50)(H,41,51)(H,42,52)/t21-,22-,26-,29+,30-,34-,35+/m1/s1. The van der Waals surface area contributed by atoms with Gasteiger partial charge in [0.1, 0.15) is 33.7 Å². The van der Waals surface area contributed by atoms with Crippen molar-refractivity contribution in [3.8, 4) is 23.0 Å². The van der Waals surface area contributed by atoms with E-state index in [0.29, 0.717) is 14.5 Å². The number of halogens is 4. The number of β-amino-alcohol motifs (C(OH)–C–C–N with tert-alkyl or cyclic N) is 2. The van der Waals surface area contributed by atoms with Crippen LogP contribution < -0.4 is 30.2 Å². The number of aliphatic hydroxyl groups excluding tert-OH is 3. The molecule has 4 heterocycles. The van der Waals surface area contributed by atoms with Crippen LogP contribution in [0.25, 0.3) is 0 Å². The van der Waals surface area contributed by atoms with Crippen LogP contribution in [0.3, 0.4) is 0 Å². The molecular weight excluding hydrogens is 1050 g/mol. The molecule has 0 saturated heterocycles. The first-order chi connectivity index (χ1) is 28.0. The second-order valence-corrected chi connectivity index (χ2v) is 17.2. The van der Waals surface area contributed by atoms with Crippen LogP contribution in [-0.2, 0) is 32.1 Å². The highest BCUT2D eigenvalue weighted by Gasteiger charge is 2.60. The van der Waals surface area contributed by atoms with Crippen LogP contribution in [0.1, 0.15) is 24.0 Å². The first-order valence-electron chi connectivity index (χ1n) is 17.6. The molecule has 318 valence electrons. The molecule has 7 rings (SSSR count). The molecule has 2 aromatic carbocycles. The predicted octanol–water partition coefficient (Wildman–Crippen LogP) is 1.02. The molecule has 0 unspecified atom stereocenters. The van der Waals surface area contributed by atoms with E-state index in [-0.39, 0.29) is 71.2 Å². The molecule has 0 radical (unpaired) electrons. The van der Waals surface area contributed by atoms with Crippen molar-refractivity contribution < 1.29 is 69.4 Å². The Labute approximate surface area is 367 Å². The molecule has 4 aliphatic heterocycles. The lowest BCUT2D eigenvalue weighted by atomic mass is 9.81. The second kappa shape index (κ2) is 18.3. The van der Waals surface area contributed by atoms with Gasteiger partial charge in [-0.1, -0.05) is 31.4 Å². The minimum atomic E-state index is -2.30. The Morgan fingerprint density at radius 2 is 1.51 bits per heavy atom. The molecule has 7 bridgehead atoms. The fourth-order valence-corrected chi connectivity index (χ4v) is 8.92. The summed E-state index contributed by atoms with van der Waals surface area (Å²) in [4.78, 5) is 44.7. The Bertz CT molecular complexity index is 2140. The number of phenols is 1. The van der Waals surface area contributed by atoms with Gasteiger partial charge in [-0.2, -0.15) is 0 Å². The van der Waals surface area contributed by atoms with Gasteiger partial charge in [0.2, 0.25) is 0 Å². The van der Waals surface area contributed by atoms with E-state index < -0.39 is 89.3 Å². The van der Waals surface area contributed by atoms with Gasteiger partial charge >= 0.3 is 0 Å². The maximum Gasteiger partial charge on any atom is 0.287 e. The van der Waals surface area contributed by atoms with Crippen molar-refractivity contribution in [2.45, 2.75) is 66.3 Å². The zero-order valence-corrected chi connectivity index (χ0v) is 36.6. The van der Waals surface area contributed by atoms with Crippen molar-refractivity contribution in [1.29, 1.82) is 0 Å². The maximum absolute atomic E-state index is 13.8. The molecule has 1 spiro atoms. The molecule has 7 atom stereocenters. The largest absolute Gasteiger partial charge is 0.504 e. The Balaban J connectivity index is 1.49. The molecule has 3 amide bonds. The van der Waals surface area contributed by atoms with Crippen molar-refractivity contribution in [3.63, 3.8) is 0 Å². The normalized spacial score (nSPS) is 30.8. The number of alkyl halides is 1. The van der Waals surface area contributed by atoms with E-state index in [4.69, 9.17) is 19.0 Å². The van der Waals surface area contributed by atoms with Crippen molar-refractivity contribution >= 4 is 98.6 Å². The Hall–Kier alpha value is -4.04. The number of hydrogen-bond acceptors (Lipinski definition) is 17. The van der Waals surface area contributed by atoms with Crippen LogP contribution in [0.5, 0.6) is 23.0 Å². The molecule has 0 aromatic heterocycles. The summed E-state index contributed by atoms with van der Waals surface area (Å²) in [5.74, 6) is -4.53. The topological polar surface area (TPSA) is 303 Å². The van der Waals surface area contributed by atoms with Crippen LogP contribution in [0.15, 0.2) is 59.2 Å². The van der Waals surface area contributed by atoms with E-state index in [2.05, 4.69) is 95.1 Å². The summed E-state index contributed by atoms with van der Waals surface area (Å²) in [6, 6.07) is 4.43. The maximum atomic E-state index is 13.8. The fourth-order valence-electron chi connectivity index (χ4n) is 6.45. The van der Waals surface area contributed by atoms with Crippen molar-refractivity contribution in [1.82, 2.24) is 16.0 Å². The number of carbonyl (C=O) groups excluding carboxylic acids is 3. The molecule has 59 heavy (non-hydrogen) atoms. The first-order valence-corrected chi connectivity index (χ1v) is 20.9. The Morgan fingerprint density at radius 3 is 2.20 bits per heavy atom. The predicted molar refractivity (Wildman–Crippen MR) is 218 cm³/mol. The number of aromatic hydroxyl groups is 1. The zero-order chi connectivity index (χ0) is 42.8. The monoisotopic (exact) mass is 1080 g/mol. The van der Waals surface area contributed by atoms with E-state index >= 15 is 0 Å². The number of nitrogens with zero attached hydrogens (tertiary/aromatic N) is 3. The average Bonchev–Trinajstić information content (AvgIpc) is 3.60. The van der Waals surface area contributed by atoms with Crippen LogP contribution >= 0.6 is 63.7 Å². The highest BCUT2D eigenvalue weighted by atomic mass is 79.9. The van der Waals surface area contributed by atoms with Crippen LogP contribution in [0.2, 0.25) is 0 Å². The van der Waals surface area contributed by atoms with Gasteiger partial charge in [0, 0.05) is 43.4 Å². The second-order valence-electron chi connectivity index (χ2n) is 13.8. The number of benzene rings is 2. The van der Waals surface area contributed by atoms with E-state index in [1.165, 1.54) is 12.1 Å². The van der Waals surface area contributed by atoms with Gasteiger partial charge in [0.25, 0.3) is 23.5 Å². The third-order valence-corrected chi connectivity index (χ3v) is 13.5. The summed E-state index contributed by atoms with van der Waals surface area (Å²) >= 11 is 13.8. The van der Waals surface area contributed by atoms with Gasteiger partial charge in [0.15, 0.2) is 29.1 Å². The summed E-state index contributed by atoms with van der Waals surface area (Å²) in [5.41, 5.74) is -2.89. The van der Waals surface area contributed by atoms with E-state index in [9.17, 15) is 50.3 Å². The number of nitrogens with one attached hydrogen (secondary N) is 3. The number of oxime groups is 3. The number of fused-ring (bicyclic) bond motifs is 9. The number of rotatable bonds is 0. The van der Waals surface area contributed by atoms with Gasteiger partial charge in [-0.3, -0.25) is 14.4 Å². The third kappa shape index (κ3) is 9.33. The molecule has 10 N–H and O–H groups in total. The van der Waals surface area contributed by atoms with Crippen LogP contribution in [-0.4, -0.2) is 138 Å². The van der Waals surface area contributed by atoms with E-state index in [1.54, 1.807) is 12.1 Å². The smallest absolute Gasteiger partial charge is 0.287 e. The summed E-state index contributed by atoms with van der Waals surface area (Å²) in [6.07, 6.45) is -5.62. The number of amides is 3. The minimum absolute atomic E-state index is 0.0152. The highest BCUT2D eigenvalue weighted by Crippen LogP contribution is 2.52. The lowest BCUT2D eigenvalue weighted by molar-refractivity contribution is -0.141. The lowest BCUT2D eigenvalue weighted by Crippen LogP contribution is -2.62. The van der Waals surface area contributed by atoms with Crippen molar-refractivity contribution in [2.24, 2.45) is 15.5 Å². The molecule has 2 aromatic rings. The number of carbonyl (C=O) groups is 3. The number of hydrogen-bond donors (Lipinski definition) is 10.